The molecule has 1 aliphatic rings. The van der Waals surface area contributed by atoms with E-state index in [1.54, 1.807) is 13.0 Å². The quantitative estimate of drug-likeness (QED) is 0.587. The van der Waals surface area contributed by atoms with Gasteiger partial charge in [0.25, 0.3) is 0 Å². The molecule has 0 amide bonds. The van der Waals surface area contributed by atoms with Crippen LogP contribution < -0.4 is 0 Å². The van der Waals surface area contributed by atoms with Gasteiger partial charge in [-0.05, 0) is 49.1 Å². The molecule has 3 nitrogen and oxygen atoms in total. The van der Waals surface area contributed by atoms with E-state index < -0.39 is 0 Å². The van der Waals surface area contributed by atoms with E-state index in [4.69, 9.17) is 4.74 Å². The predicted molar refractivity (Wildman–Crippen MR) is 101 cm³/mol. The zero-order chi connectivity index (χ0) is 17.8. The molecule has 0 N–H and O–H groups in total. The molecular formula is C22H22O3. The Morgan fingerprint density at radius 2 is 1.96 bits per heavy atom. The van der Waals surface area contributed by atoms with Crippen LogP contribution in [-0.4, -0.2) is 18.4 Å². The van der Waals surface area contributed by atoms with Gasteiger partial charge < -0.3 is 4.74 Å². The Labute approximate surface area is 148 Å². The summed E-state index contributed by atoms with van der Waals surface area (Å²) in [6, 6.07) is 12.0. The summed E-state index contributed by atoms with van der Waals surface area (Å²) >= 11 is 0. The average Bonchev–Trinajstić information content (AvgIpc) is 2.60. The molecule has 0 saturated carbocycles. The van der Waals surface area contributed by atoms with Gasteiger partial charge in [-0.3, -0.25) is 4.79 Å². The first-order chi connectivity index (χ1) is 12.1. The highest BCUT2D eigenvalue weighted by atomic mass is 16.5. The number of allylic oxidation sites excluding steroid dienone is 2. The maximum absolute atomic E-state index is 12.7. The van der Waals surface area contributed by atoms with Gasteiger partial charge in [-0.25, -0.2) is 4.79 Å². The minimum Gasteiger partial charge on any atom is -0.463 e. The number of ketones is 1. The van der Waals surface area contributed by atoms with Gasteiger partial charge in [0.2, 0.25) is 0 Å². The molecule has 0 bridgehead atoms. The van der Waals surface area contributed by atoms with Gasteiger partial charge in [0.1, 0.15) is 0 Å². The predicted octanol–water partition coefficient (Wildman–Crippen LogP) is 4.94. The summed E-state index contributed by atoms with van der Waals surface area (Å²) in [6.07, 6.45) is 5.61. The third-order valence-corrected chi connectivity index (χ3v) is 4.56. The van der Waals surface area contributed by atoms with Crippen LogP contribution >= 0.6 is 0 Å². The van der Waals surface area contributed by atoms with Crippen LogP contribution in [0.5, 0.6) is 0 Å². The van der Waals surface area contributed by atoms with E-state index in [0.29, 0.717) is 13.0 Å². The highest BCUT2D eigenvalue weighted by molar-refractivity contribution is 6.26. The summed E-state index contributed by atoms with van der Waals surface area (Å²) in [5.41, 5.74) is 3.74. The lowest BCUT2D eigenvalue weighted by Gasteiger charge is -2.20. The second kappa shape index (κ2) is 7.47. The number of carbonyl (C=O) groups is 2. The fraction of sp³-hybridized carbons (Fsp3) is 0.273. The highest BCUT2D eigenvalue weighted by Gasteiger charge is 2.23. The van der Waals surface area contributed by atoms with Crippen molar-refractivity contribution < 1.29 is 14.3 Å². The van der Waals surface area contributed by atoms with Gasteiger partial charge in [-0.15, -0.1) is 0 Å². The molecule has 1 aliphatic carbocycles. The lowest BCUT2D eigenvalue weighted by atomic mass is 9.83. The number of ether oxygens (including phenoxy) is 1. The van der Waals surface area contributed by atoms with Crippen molar-refractivity contribution in [1.29, 1.82) is 0 Å². The molecule has 3 heteroatoms. The van der Waals surface area contributed by atoms with Crippen LogP contribution in [0.25, 0.3) is 22.4 Å². The molecule has 0 spiro atoms. The third-order valence-electron chi connectivity index (χ3n) is 4.56. The number of fused-ring (bicyclic) bond motifs is 1. The van der Waals surface area contributed by atoms with E-state index in [1.165, 1.54) is 6.08 Å². The van der Waals surface area contributed by atoms with Crippen LogP contribution in [0.1, 0.15) is 44.2 Å². The summed E-state index contributed by atoms with van der Waals surface area (Å²) in [6.45, 7) is 4.16. The van der Waals surface area contributed by atoms with Gasteiger partial charge in [0.05, 0.1) is 6.61 Å². The summed E-state index contributed by atoms with van der Waals surface area (Å²) < 4.78 is 4.97. The number of hydrogen-bond donors (Lipinski definition) is 0. The van der Waals surface area contributed by atoms with Crippen molar-refractivity contribution in [2.75, 3.05) is 6.61 Å². The van der Waals surface area contributed by atoms with Crippen LogP contribution in [0.15, 0.2) is 48.0 Å². The molecule has 0 aromatic heterocycles. The zero-order valence-electron chi connectivity index (χ0n) is 14.7. The van der Waals surface area contributed by atoms with Gasteiger partial charge in [-0.1, -0.05) is 42.0 Å². The van der Waals surface area contributed by atoms with Crippen molar-refractivity contribution in [3.63, 3.8) is 0 Å². The SMILES string of the molecule is CCOC(=O)/C=C/c1ccc2ccccc2c1C1=C(C)CCCC1=O. The minimum absolute atomic E-state index is 0.186. The Hall–Kier alpha value is -2.68. The average molecular weight is 334 g/mol. The van der Waals surface area contributed by atoms with E-state index in [9.17, 15) is 9.59 Å². The van der Waals surface area contributed by atoms with Crippen LogP contribution in [0.2, 0.25) is 0 Å². The fourth-order valence-corrected chi connectivity index (χ4v) is 3.41. The number of esters is 1. The van der Waals surface area contributed by atoms with Gasteiger partial charge in [0, 0.05) is 23.6 Å². The normalized spacial score (nSPS) is 15.2. The third kappa shape index (κ3) is 3.55. The van der Waals surface area contributed by atoms with E-state index in [1.807, 2.05) is 43.3 Å². The molecule has 0 radical (unpaired) electrons. The number of rotatable bonds is 4. The molecule has 0 heterocycles. The molecule has 0 fully saturated rings. The van der Waals surface area contributed by atoms with Gasteiger partial charge in [0.15, 0.2) is 5.78 Å². The van der Waals surface area contributed by atoms with Gasteiger partial charge >= 0.3 is 5.97 Å². The number of hydrogen-bond acceptors (Lipinski definition) is 3. The topological polar surface area (TPSA) is 43.4 Å². The van der Waals surface area contributed by atoms with Gasteiger partial charge in [-0.2, -0.15) is 0 Å². The number of Topliss-reactive ketones (excluding diaryl/α,β-unsaturated/α-hetero) is 1. The molecule has 2 aromatic carbocycles. The van der Waals surface area contributed by atoms with E-state index in [0.717, 1.165) is 45.9 Å². The molecule has 0 atom stereocenters. The van der Waals surface area contributed by atoms with Crippen molar-refractivity contribution in [1.82, 2.24) is 0 Å². The van der Waals surface area contributed by atoms with E-state index in [-0.39, 0.29) is 11.8 Å². The Bertz CT molecular complexity index is 887. The zero-order valence-corrected chi connectivity index (χ0v) is 14.7. The largest absolute Gasteiger partial charge is 0.463 e. The number of carbonyl (C=O) groups excluding carboxylic acids is 2. The van der Waals surface area contributed by atoms with Crippen molar-refractivity contribution in [2.45, 2.75) is 33.1 Å². The maximum Gasteiger partial charge on any atom is 0.330 e. The van der Waals surface area contributed by atoms with Crippen LogP contribution in [0.4, 0.5) is 0 Å². The summed E-state index contributed by atoms with van der Waals surface area (Å²) in [5, 5.41) is 2.13. The molecule has 2 aromatic rings. The van der Waals surface area contributed by atoms with Crippen molar-refractivity contribution in [3.05, 3.63) is 59.2 Å². The molecule has 25 heavy (non-hydrogen) atoms. The van der Waals surface area contributed by atoms with Crippen LogP contribution in [0.3, 0.4) is 0 Å². The first kappa shape index (κ1) is 17.2. The van der Waals surface area contributed by atoms with Crippen molar-refractivity contribution in [3.8, 4) is 0 Å². The lowest BCUT2D eigenvalue weighted by Crippen LogP contribution is -2.11. The summed E-state index contributed by atoms with van der Waals surface area (Å²) in [5.74, 6) is -0.187. The lowest BCUT2D eigenvalue weighted by molar-refractivity contribution is -0.137. The Balaban J connectivity index is 2.21. The van der Waals surface area contributed by atoms with E-state index in [2.05, 4.69) is 0 Å². The maximum atomic E-state index is 12.7. The Kier molecular flexibility index (Phi) is 5.13. The molecule has 0 aliphatic heterocycles. The first-order valence-electron chi connectivity index (χ1n) is 8.71. The number of benzene rings is 2. The minimum atomic E-state index is -0.373. The van der Waals surface area contributed by atoms with Crippen molar-refractivity contribution >= 4 is 34.2 Å². The molecule has 0 saturated heterocycles. The standard InChI is InChI=1S/C22H22O3/c1-3-25-20(24)14-13-17-12-11-16-8-4-5-9-18(16)22(17)21-15(2)7-6-10-19(21)23/h4-5,8-9,11-14H,3,6-7,10H2,1-2H3/b14-13+. The first-order valence-corrected chi connectivity index (χ1v) is 8.71. The molecule has 0 unspecified atom stereocenters. The smallest absolute Gasteiger partial charge is 0.330 e. The monoisotopic (exact) mass is 334 g/mol. The molecular weight excluding hydrogens is 312 g/mol. The Morgan fingerprint density at radius 1 is 1.16 bits per heavy atom. The molecule has 128 valence electrons. The Morgan fingerprint density at radius 3 is 2.72 bits per heavy atom. The van der Waals surface area contributed by atoms with Crippen LogP contribution in [-0.2, 0) is 14.3 Å². The second-order valence-electron chi connectivity index (χ2n) is 6.27. The summed E-state index contributed by atoms with van der Waals surface area (Å²) in [4.78, 5) is 24.4. The fourth-order valence-electron chi connectivity index (χ4n) is 3.41. The molecule has 3 rings (SSSR count). The highest BCUT2D eigenvalue weighted by Crippen LogP contribution is 2.36. The second-order valence-corrected chi connectivity index (χ2v) is 6.27. The van der Waals surface area contributed by atoms with Crippen LogP contribution in [0, 0.1) is 0 Å². The summed E-state index contributed by atoms with van der Waals surface area (Å²) in [7, 11) is 0. The van der Waals surface area contributed by atoms with E-state index >= 15 is 0 Å². The van der Waals surface area contributed by atoms with Crippen molar-refractivity contribution in [2.24, 2.45) is 0 Å².